The lowest BCUT2D eigenvalue weighted by atomic mass is 10.1. The zero-order valence-electron chi connectivity index (χ0n) is 15.4. The fourth-order valence-electron chi connectivity index (χ4n) is 3.05. The topological polar surface area (TPSA) is 42.0 Å². The summed E-state index contributed by atoms with van der Waals surface area (Å²) in [4.78, 5) is 17.8. The molecule has 2 heterocycles. The number of rotatable bonds is 7. The Morgan fingerprint density at radius 2 is 2.00 bits per heavy atom. The van der Waals surface area contributed by atoms with Crippen LogP contribution in [0.25, 0.3) is 11.1 Å². The van der Waals surface area contributed by atoms with E-state index in [1.54, 1.807) is 23.3 Å². The third-order valence-corrected chi connectivity index (χ3v) is 5.68. The smallest absolute Gasteiger partial charge is 0.263 e. The molecule has 0 unspecified atom stereocenters. The zero-order chi connectivity index (χ0) is 18.4. The number of benzene rings is 1. The van der Waals surface area contributed by atoms with Crippen molar-refractivity contribution in [3.8, 4) is 11.1 Å². The number of thiophene rings is 1. The highest BCUT2D eigenvalue weighted by Crippen LogP contribution is 2.39. The van der Waals surface area contributed by atoms with E-state index < -0.39 is 0 Å². The predicted octanol–water partition coefficient (Wildman–Crippen LogP) is 3.36. The number of methoxy groups -OCH3 is 1. The lowest BCUT2D eigenvalue weighted by Crippen LogP contribution is -2.35. The predicted molar refractivity (Wildman–Crippen MR) is 106 cm³/mol. The van der Waals surface area contributed by atoms with Gasteiger partial charge in [-0.15, -0.1) is 11.3 Å². The van der Waals surface area contributed by atoms with Crippen LogP contribution in [-0.2, 0) is 9.47 Å². The molecule has 0 radical (unpaired) electrons. The van der Waals surface area contributed by atoms with Crippen molar-refractivity contribution in [1.29, 1.82) is 0 Å². The van der Waals surface area contributed by atoms with Gasteiger partial charge in [-0.3, -0.25) is 4.79 Å². The van der Waals surface area contributed by atoms with Gasteiger partial charge in [-0.1, -0.05) is 30.3 Å². The summed E-state index contributed by atoms with van der Waals surface area (Å²) in [5.41, 5.74) is 2.28. The van der Waals surface area contributed by atoms with Gasteiger partial charge in [0.25, 0.3) is 5.91 Å². The number of hydrogen-bond donors (Lipinski definition) is 0. The molecular formula is C20H26N2O3S. The molecule has 6 heteroatoms. The molecule has 1 aliphatic heterocycles. The zero-order valence-corrected chi connectivity index (χ0v) is 16.3. The Morgan fingerprint density at radius 3 is 2.69 bits per heavy atom. The van der Waals surface area contributed by atoms with E-state index in [1.807, 2.05) is 31.3 Å². The maximum atomic E-state index is 12.9. The minimum Gasteiger partial charge on any atom is -0.385 e. The van der Waals surface area contributed by atoms with E-state index >= 15 is 0 Å². The Labute approximate surface area is 159 Å². The molecule has 1 aliphatic rings. The van der Waals surface area contributed by atoms with Gasteiger partial charge < -0.3 is 19.3 Å². The van der Waals surface area contributed by atoms with Crippen LogP contribution >= 0.6 is 11.3 Å². The molecule has 26 heavy (non-hydrogen) atoms. The van der Waals surface area contributed by atoms with E-state index in [0.717, 1.165) is 53.7 Å². The van der Waals surface area contributed by atoms with Crippen molar-refractivity contribution in [2.24, 2.45) is 0 Å². The third kappa shape index (κ3) is 4.44. The van der Waals surface area contributed by atoms with Crippen molar-refractivity contribution < 1.29 is 14.3 Å². The molecular weight excluding hydrogens is 348 g/mol. The lowest BCUT2D eigenvalue weighted by Gasteiger charge is -2.28. The SMILES string of the molecule is COCCCN(C)C(=O)c1cc(-c2ccccc2)c(N2CCOCC2)s1. The van der Waals surface area contributed by atoms with E-state index in [0.29, 0.717) is 13.2 Å². The number of hydrogen-bond acceptors (Lipinski definition) is 5. The molecule has 140 valence electrons. The maximum Gasteiger partial charge on any atom is 0.263 e. The van der Waals surface area contributed by atoms with Crippen molar-refractivity contribution in [3.05, 3.63) is 41.3 Å². The van der Waals surface area contributed by atoms with E-state index in [-0.39, 0.29) is 5.91 Å². The van der Waals surface area contributed by atoms with Gasteiger partial charge in [0.1, 0.15) is 0 Å². The molecule has 5 nitrogen and oxygen atoms in total. The molecule has 0 bridgehead atoms. The van der Waals surface area contributed by atoms with Gasteiger partial charge >= 0.3 is 0 Å². The molecule has 2 aromatic rings. The van der Waals surface area contributed by atoms with Crippen LogP contribution < -0.4 is 4.90 Å². The maximum absolute atomic E-state index is 12.9. The van der Waals surface area contributed by atoms with E-state index in [2.05, 4.69) is 17.0 Å². The summed E-state index contributed by atoms with van der Waals surface area (Å²) in [6.45, 7) is 4.53. The number of amides is 1. The summed E-state index contributed by atoms with van der Waals surface area (Å²) in [5.74, 6) is 0.0720. The van der Waals surface area contributed by atoms with Gasteiger partial charge in [-0.25, -0.2) is 0 Å². The van der Waals surface area contributed by atoms with Crippen LogP contribution in [0.15, 0.2) is 36.4 Å². The third-order valence-electron chi connectivity index (χ3n) is 4.50. The molecule has 3 rings (SSSR count). The van der Waals surface area contributed by atoms with Gasteiger partial charge in [0, 0.05) is 46.0 Å². The van der Waals surface area contributed by atoms with Crippen molar-refractivity contribution in [3.63, 3.8) is 0 Å². The van der Waals surface area contributed by atoms with E-state index in [9.17, 15) is 4.79 Å². The van der Waals surface area contributed by atoms with Crippen LogP contribution in [0, 0.1) is 0 Å². The monoisotopic (exact) mass is 374 g/mol. The highest BCUT2D eigenvalue weighted by Gasteiger charge is 2.23. The summed E-state index contributed by atoms with van der Waals surface area (Å²) < 4.78 is 10.6. The summed E-state index contributed by atoms with van der Waals surface area (Å²) >= 11 is 1.58. The van der Waals surface area contributed by atoms with Crippen molar-refractivity contribution in [2.75, 3.05) is 58.5 Å². The number of carbonyl (C=O) groups excluding carboxylic acids is 1. The average Bonchev–Trinajstić information content (AvgIpc) is 3.14. The molecule has 1 aromatic heterocycles. The number of nitrogens with zero attached hydrogens (tertiary/aromatic N) is 2. The first-order valence-corrected chi connectivity index (χ1v) is 9.78. The first-order valence-electron chi connectivity index (χ1n) is 8.97. The van der Waals surface area contributed by atoms with E-state index in [1.165, 1.54) is 0 Å². The second-order valence-corrected chi connectivity index (χ2v) is 7.40. The minimum absolute atomic E-state index is 0.0720. The fourth-order valence-corrected chi connectivity index (χ4v) is 4.28. The highest BCUT2D eigenvalue weighted by atomic mass is 32.1. The number of morpholine rings is 1. The van der Waals surface area contributed by atoms with Crippen molar-refractivity contribution in [2.45, 2.75) is 6.42 Å². The first-order chi connectivity index (χ1) is 12.7. The fraction of sp³-hybridized carbons (Fsp3) is 0.450. The van der Waals surface area contributed by atoms with Gasteiger partial charge in [0.2, 0.25) is 0 Å². The Kier molecular flexibility index (Phi) is 6.66. The molecule has 1 aromatic carbocycles. The largest absolute Gasteiger partial charge is 0.385 e. The molecule has 0 spiro atoms. The van der Waals surface area contributed by atoms with Crippen LogP contribution in [-0.4, -0.2) is 64.4 Å². The number of anilines is 1. The molecule has 0 N–H and O–H groups in total. The van der Waals surface area contributed by atoms with Crippen LogP contribution in [0.4, 0.5) is 5.00 Å². The van der Waals surface area contributed by atoms with Crippen molar-refractivity contribution in [1.82, 2.24) is 4.90 Å². The average molecular weight is 375 g/mol. The highest BCUT2D eigenvalue weighted by molar-refractivity contribution is 7.18. The second-order valence-electron chi connectivity index (χ2n) is 6.37. The summed E-state index contributed by atoms with van der Waals surface area (Å²) in [6, 6.07) is 12.3. The normalized spacial score (nSPS) is 14.5. The minimum atomic E-state index is 0.0720. The van der Waals surface area contributed by atoms with Crippen molar-refractivity contribution >= 4 is 22.2 Å². The van der Waals surface area contributed by atoms with Crippen LogP contribution in [0.2, 0.25) is 0 Å². The van der Waals surface area contributed by atoms with Crippen LogP contribution in [0.5, 0.6) is 0 Å². The van der Waals surface area contributed by atoms with Crippen LogP contribution in [0.1, 0.15) is 16.1 Å². The van der Waals surface area contributed by atoms with Gasteiger partial charge in [-0.05, 0) is 18.1 Å². The number of carbonyl (C=O) groups is 1. The molecule has 0 atom stereocenters. The summed E-state index contributed by atoms with van der Waals surface area (Å²) in [7, 11) is 3.54. The quantitative estimate of drug-likeness (QED) is 0.697. The molecule has 0 aliphatic carbocycles. The second kappa shape index (κ2) is 9.16. The molecule has 1 saturated heterocycles. The van der Waals surface area contributed by atoms with Gasteiger partial charge in [-0.2, -0.15) is 0 Å². The van der Waals surface area contributed by atoms with Gasteiger partial charge in [0.05, 0.1) is 23.1 Å². The molecule has 1 fully saturated rings. The van der Waals surface area contributed by atoms with Crippen LogP contribution in [0.3, 0.4) is 0 Å². The summed E-state index contributed by atoms with van der Waals surface area (Å²) in [6.07, 6.45) is 0.839. The molecule has 1 amide bonds. The standard InChI is InChI=1S/C20H26N2O3S/c1-21(9-6-12-24-2)19(23)18-15-17(16-7-4-3-5-8-16)20(26-18)22-10-13-25-14-11-22/h3-5,7-8,15H,6,9-14H2,1-2H3. The lowest BCUT2D eigenvalue weighted by molar-refractivity contribution is 0.0784. The van der Waals surface area contributed by atoms with Gasteiger partial charge in [0.15, 0.2) is 0 Å². The van der Waals surface area contributed by atoms with E-state index in [4.69, 9.17) is 9.47 Å². The first kappa shape index (κ1) is 18.9. The number of ether oxygens (including phenoxy) is 2. The Balaban J connectivity index is 1.87. The Hall–Kier alpha value is -1.89. The Morgan fingerprint density at radius 1 is 1.27 bits per heavy atom. The summed E-state index contributed by atoms with van der Waals surface area (Å²) in [5, 5.41) is 1.16. The molecule has 0 saturated carbocycles. The Bertz CT molecular complexity index is 711.